The molecule has 3 N–H and O–H groups in total. The molecule has 7 nitrogen and oxygen atoms in total. The van der Waals surface area contributed by atoms with Gasteiger partial charge in [0, 0.05) is 22.9 Å². The molecule has 29 heavy (non-hydrogen) atoms. The van der Waals surface area contributed by atoms with Crippen LogP contribution in [0.3, 0.4) is 0 Å². The van der Waals surface area contributed by atoms with Crippen LogP contribution in [-0.4, -0.2) is 30.2 Å². The summed E-state index contributed by atoms with van der Waals surface area (Å²) in [7, 11) is 1.57. The predicted octanol–water partition coefficient (Wildman–Crippen LogP) is 4.20. The van der Waals surface area contributed by atoms with E-state index in [-0.39, 0.29) is 17.6 Å². The van der Waals surface area contributed by atoms with Crippen molar-refractivity contribution in [2.75, 3.05) is 12.4 Å². The number of amides is 2. The van der Waals surface area contributed by atoms with E-state index in [4.69, 9.17) is 4.74 Å². The van der Waals surface area contributed by atoms with E-state index in [0.29, 0.717) is 37.1 Å². The molecule has 2 aromatic carbocycles. The van der Waals surface area contributed by atoms with E-state index >= 15 is 0 Å². The Morgan fingerprint density at radius 1 is 1.10 bits per heavy atom. The number of unbranched alkanes of at least 4 members (excludes halogenated alkanes) is 2. The molecule has 0 bridgehead atoms. The van der Waals surface area contributed by atoms with Gasteiger partial charge in [-0.05, 0) is 43.2 Å². The van der Waals surface area contributed by atoms with Crippen molar-refractivity contribution in [2.24, 2.45) is 5.10 Å². The number of nitrogens with one attached hydrogen (secondary N) is 2. The molecule has 2 aromatic rings. The van der Waals surface area contributed by atoms with Crippen LogP contribution in [0.1, 0.15) is 37.7 Å². The van der Waals surface area contributed by atoms with Crippen LogP contribution >= 0.6 is 15.9 Å². The predicted molar refractivity (Wildman–Crippen MR) is 116 cm³/mol. The molecule has 0 aliphatic carbocycles. The van der Waals surface area contributed by atoms with Gasteiger partial charge in [0.05, 0.1) is 19.0 Å². The second kappa shape index (κ2) is 11.9. The van der Waals surface area contributed by atoms with Crippen LogP contribution in [-0.2, 0) is 9.59 Å². The van der Waals surface area contributed by atoms with Gasteiger partial charge in [0.2, 0.25) is 11.8 Å². The van der Waals surface area contributed by atoms with Crippen LogP contribution in [0.25, 0.3) is 0 Å². The second-order valence-corrected chi connectivity index (χ2v) is 7.22. The average Bonchev–Trinajstić information content (AvgIpc) is 2.69. The molecule has 2 amide bonds. The molecule has 0 radical (unpaired) electrons. The third-order valence-electron chi connectivity index (χ3n) is 4.07. The van der Waals surface area contributed by atoms with Crippen molar-refractivity contribution in [3.63, 3.8) is 0 Å². The number of hydrazone groups is 1. The summed E-state index contributed by atoms with van der Waals surface area (Å²) in [5, 5.41) is 16.3. The topological polar surface area (TPSA) is 100 Å². The molecule has 0 aromatic heterocycles. The highest BCUT2D eigenvalue weighted by Crippen LogP contribution is 2.22. The maximum absolute atomic E-state index is 11.9. The second-order valence-electron chi connectivity index (χ2n) is 6.31. The first-order valence-electron chi connectivity index (χ1n) is 9.23. The molecule has 0 saturated heterocycles. The van der Waals surface area contributed by atoms with E-state index in [1.807, 2.05) is 18.2 Å². The van der Waals surface area contributed by atoms with Gasteiger partial charge >= 0.3 is 0 Å². The van der Waals surface area contributed by atoms with Crippen molar-refractivity contribution >= 4 is 39.6 Å². The van der Waals surface area contributed by atoms with Crippen molar-refractivity contribution in [1.82, 2.24) is 5.43 Å². The largest absolute Gasteiger partial charge is 0.506 e. The summed E-state index contributed by atoms with van der Waals surface area (Å²) in [6.07, 6.45) is 4.25. The number of hydrogen-bond donors (Lipinski definition) is 3. The van der Waals surface area contributed by atoms with Crippen molar-refractivity contribution in [3.8, 4) is 11.5 Å². The first-order chi connectivity index (χ1) is 14.0. The highest BCUT2D eigenvalue weighted by Gasteiger charge is 2.06. The van der Waals surface area contributed by atoms with Crippen LogP contribution in [0.15, 0.2) is 52.0 Å². The smallest absolute Gasteiger partial charge is 0.240 e. The van der Waals surface area contributed by atoms with Gasteiger partial charge in [-0.25, -0.2) is 5.43 Å². The minimum atomic E-state index is -0.186. The number of benzene rings is 2. The Morgan fingerprint density at radius 3 is 2.55 bits per heavy atom. The van der Waals surface area contributed by atoms with Crippen molar-refractivity contribution in [2.45, 2.75) is 32.1 Å². The maximum atomic E-state index is 11.9. The zero-order valence-electron chi connectivity index (χ0n) is 16.2. The van der Waals surface area contributed by atoms with E-state index in [1.165, 1.54) is 12.3 Å². The van der Waals surface area contributed by atoms with Crippen molar-refractivity contribution in [1.29, 1.82) is 0 Å². The molecule has 0 heterocycles. The van der Waals surface area contributed by atoms with E-state index in [1.54, 1.807) is 25.3 Å². The third-order valence-corrected chi connectivity index (χ3v) is 4.56. The molecule has 0 atom stereocenters. The SMILES string of the molecule is COc1ccc(Br)cc1/C=N/NC(=O)CCCCCC(=O)Nc1ccccc1O. The zero-order valence-corrected chi connectivity index (χ0v) is 17.7. The van der Waals surface area contributed by atoms with Gasteiger partial charge in [-0.3, -0.25) is 9.59 Å². The normalized spacial score (nSPS) is 10.7. The highest BCUT2D eigenvalue weighted by atomic mass is 79.9. The number of phenols is 1. The fraction of sp³-hybridized carbons (Fsp3) is 0.286. The zero-order chi connectivity index (χ0) is 21.1. The molecule has 0 aliphatic heterocycles. The maximum Gasteiger partial charge on any atom is 0.240 e. The first kappa shape index (κ1) is 22.4. The Bertz CT molecular complexity index is 871. The molecule has 2 rings (SSSR count). The Labute approximate surface area is 178 Å². The van der Waals surface area contributed by atoms with E-state index in [9.17, 15) is 14.7 Å². The highest BCUT2D eigenvalue weighted by molar-refractivity contribution is 9.10. The lowest BCUT2D eigenvalue weighted by Crippen LogP contribution is -2.17. The van der Waals surface area contributed by atoms with Crippen LogP contribution in [0.2, 0.25) is 0 Å². The summed E-state index contributed by atoms with van der Waals surface area (Å²) >= 11 is 3.38. The van der Waals surface area contributed by atoms with E-state index in [2.05, 4.69) is 31.8 Å². The number of para-hydroxylation sites is 2. The van der Waals surface area contributed by atoms with Crippen LogP contribution in [0, 0.1) is 0 Å². The number of carbonyl (C=O) groups is 2. The lowest BCUT2D eigenvalue weighted by atomic mass is 10.1. The van der Waals surface area contributed by atoms with Crippen molar-refractivity contribution < 1.29 is 19.4 Å². The van der Waals surface area contributed by atoms with Crippen LogP contribution in [0.4, 0.5) is 5.69 Å². The molecular formula is C21H24BrN3O4. The summed E-state index contributed by atoms with van der Waals surface area (Å²) in [6, 6.07) is 12.1. The number of aromatic hydroxyl groups is 1. The number of nitrogens with zero attached hydrogens (tertiary/aromatic N) is 1. The van der Waals surface area contributed by atoms with E-state index in [0.717, 1.165) is 16.5 Å². The number of ether oxygens (including phenoxy) is 1. The van der Waals surface area contributed by atoms with Gasteiger partial charge in [-0.15, -0.1) is 0 Å². The molecule has 8 heteroatoms. The Balaban J connectivity index is 1.63. The molecular weight excluding hydrogens is 438 g/mol. The van der Waals surface area contributed by atoms with Crippen LogP contribution in [0.5, 0.6) is 11.5 Å². The fourth-order valence-electron chi connectivity index (χ4n) is 2.58. The number of anilines is 1. The summed E-state index contributed by atoms with van der Waals surface area (Å²) in [4.78, 5) is 23.7. The van der Waals surface area contributed by atoms with Gasteiger partial charge in [0.1, 0.15) is 11.5 Å². The van der Waals surface area contributed by atoms with Gasteiger partial charge in [-0.2, -0.15) is 5.10 Å². The summed E-state index contributed by atoms with van der Waals surface area (Å²) in [6.45, 7) is 0. The molecule has 154 valence electrons. The average molecular weight is 462 g/mol. The lowest BCUT2D eigenvalue weighted by Gasteiger charge is -2.07. The fourth-order valence-corrected chi connectivity index (χ4v) is 2.95. The van der Waals surface area contributed by atoms with E-state index < -0.39 is 0 Å². The minimum Gasteiger partial charge on any atom is -0.506 e. The number of phenolic OH excluding ortho intramolecular Hbond substituents is 1. The van der Waals surface area contributed by atoms with Gasteiger partial charge < -0.3 is 15.2 Å². The van der Waals surface area contributed by atoms with Gasteiger partial charge in [-0.1, -0.05) is 34.5 Å². The number of hydrogen-bond acceptors (Lipinski definition) is 5. The number of halogens is 1. The van der Waals surface area contributed by atoms with Crippen molar-refractivity contribution in [3.05, 3.63) is 52.5 Å². The standard InChI is InChI=1S/C21H24BrN3O4/c1-29-19-12-11-16(22)13-15(19)14-23-25-21(28)10-4-2-3-9-20(27)24-17-7-5-6-8-18(17)26/h5-8,11-14,26H,2-4,9-10H2,1H3,(H,24,27)(H,25,28)/b23-14+. The number of carbonyl (C=O) groups excluding carboxylic acids is 2. The van der Waals surface area contributed by atoms with Gasteiger partial charge in [0.15, 0.2) is 0 Å². The molecule has 0 aliphatic rings. The van der Waals surface area contributed by atoms with Gasteiger partial charge in [0.25, 0.3) is 0 Å². The molecule has 0 unspecified atom stereocenters. The van der Waals surface area contributed by atoms with Crippen LogP contribution < -0.4 is 15.5 Å². The monoisotopic (exact) mass is 461 g/mol. The molecule has 0 fully saturated rings. The first-order valence-corrected chi connectivity index (χ1v) is 10.0. The lowest BCUT2D eigenvalue weighted by molar-refractivity contribution is -0.121. The number of methoxy groups -OCH3 is 1. The summed E-state index contributed by atoms with van der Waals surface area (Å²) in [5.41, 5.74) is 3.64. The Kier molecular flexibility index (Phi) is 9.17. The third kappa shape index (κ3) is 7.95. The quantitative estimate of drug-likeness (QED) is 0.213. The Morgan fingerprint density at radius 2 is 1.83 bits per heavy atom. The molecule has 0 saturated carbocycles. The Hall–Kier alpha value is -2.87. The summed E-state index contributed by atoms with van der Waals surface area (Å²) in [5.74, 6) is 0.351. The minimum absolute atomic E-state index is 0.0403. The summed E-state index contributed by atoms with van der Waals surface area (Å²) < 4.78 is 6.13. The number of rotatable bonds is 10. The molecule has 0 spiro atoms.